The molecule has 0 saturated carbocycles. The SMILES string of the molecule is CC1=C(C(=O)OCCOc2ccccc2)[C@H](c2cccc([N+](=O)[O-])c2)C2=C(C[C@@H](c3ccccc3)CC2=O)N1. The molecule has 1 aliphatic carbocycles. The highest BCUT2D eigenvalue weighted by atomic mass is 16.6. The minimum atomic E-state index is -0.784. The molecular formula is C31H28N2O6. The Labute approximate surface area is 226 Å². The number of hydrogen-bond donors (Lipinski definition) is 1. The number of allylic oxidation sites excluding steroid dienone is 3. The lowest BCUT2D eigenvalue weighted by Gasteiger charge is -2.36. The van der Waals surface area contributed by atoms with E-state index in [1.165, 1.54) is 12.1 Å². The van der Waals surface area contributed by atoms with Crippen LogP contribution in [0.4, 0.5) is 5.69 Å². The van der Waals surface area contributed by atoms with Gasteiger partial charge in [0.2, 0.25) is 0 Å². The van der Waals surface area contributed by atoms with Gasteiger partial charge in [-0.15, -0.1) is 0 Å². The average Bonchev–Trinajstić information content (AvgIpc) is 2.95. The van der Waals surface area contributed by atoms with E-state index in [9.17, 15) is 19.7 Å². The summed E-state index contributed by atoms with van der Waals surface area (Å²) in [6.45, 7) is 1.92. The second-order valence-electron chi connectivity index (χ2n) is 9.58. The predicted octanol–water partition coefficient (Wildman–Crippen LogP) is 5.58. The van der Waals surface area contributed by atoms with Gasteiger partial charge in [0.25, 0.3) is 5.69 Å². The van der Waals surface area contributed by atoms with Crippen molar-refractivity contribution in [3.63, 3.8) is 0 Å². The number of nitrogens with one attached hydrogen (secondary N) is 1. The van der Waals surface area contributed by atoms with Gasteiger partial charge in [0.05, 0.1) is 10.5 Å². The molecule has 3 aromatic rings. The number of dihydropyridines is 1. The molecule has 1 aliphatic heterocycles. The number of non-ortho nitro benzene ring substituents is 1. The third-order valence-corrected chi connectivity index (χ3v) is 7.06. The molecule has 5 rings (SSSR count). The number of nitro groups is 1. The fourth-order valence-electron chi connectivity index (χ4n) is 5.31. The number of nitrogens with zero attached hydrogens (tertiary/aromatic N) is 1. The third kappa shape index (κ3) is 5.60. The largest absolute Gasteiger partial charge is 0.490 e. The van der Waals surface area contributed by atoms with Gasteiger partial charge in [0.15, 0.2) is 5.78 Å². The van der Waals surface area contributed by atoms with Gasteiger partial charge in [-0.05, 0) is 42.5 Å². The first kappa shape index (κ1) is 25.9. The topological polar surface area (TPSA) is 108 Å². The Morgan fingerprint density at radius 3 is 2.36 bits per heavy atom. The molecule has 0 saturated heterocycles. The summed E-state index contributed by atoms with van der Waals surface area (Å²) in [4.78, 5) is 38.2. The normalized spacial score (nSPS) is 18.7. The lowest BCUT2D eigenvalue weighted by molar-refractivity contribution is -0.384. The van der Waals surface area contributed by atoms with E-state index in [4.69, 9.17) is 9.47 Å². The quantitative estimate of drug-likeness (QED) is 0.177. The molecule has 0 radical (unpaired) electrons. The highest BCUT2D eigenvalue weighted by Crippen LogP contribution is 2.46. The van der Waals surface area contributed by atoms with Gasteiger partial charge in [0.1, 0.15) is 19.0 Å². The van der Waals surface area contributed by atoms with E-state index in [1.807, 2.05) is 60.7 Å². The smallest absolute Gasteiger partial charge is 0.336 e. The minimum absolute atomic E-state index is 0.00208. The van der Waals surface area contributed by atoms with Crippen LogP contribution in [-0.2, 0) is 14.3 Å². The number of ether oxygens (including phenoxy) is 2. The number of Topliss-reactive ketones (excluding diaryl/α,β-unsaturated/α-hetero) is 1. The Hall–Kier alpha value is -4.72. The third-order valence-electron chi connectivity index (χ3n) is 7.06. The molecule has 2 atom stereocenters. The van der Waals surface area contributed by atoms with E-state index in [0.29, 0.717) is 29.0 Å². The van der Waals surface area contributed by atoms with E-state index in [2.05, 4.69) is 5.32 Å². The zero-order valence-electron chi connectivity index (χ0n) is 21.5. The van der Waals surface area contributed by atoms with Gasteiger partial charge < -0.3 is 14.8 Å². The summed E-state index contributed by atoms with van der Waals surface area (Å²) in [7, 11) is 0. The standard InChI is InChI=1S/C31H28N2O6/c1-20-28(31(35)39-16-15-38-25-13-6-3-7-14-25)29(22-11-8-12-24(17-22)33(36)37)30-26(32-20)18-23(19-27(30)34)21-9-4-2-5-10-21/h2-14,17,23,29,32H,15-16,18-19H2,1H3/t23-,29+/m1/s1. The maximum Gasteiger partial charge on any atom is 0.336 e. The maximum atomic E-state index is 13.7. The van der Waals surface area contributed by atoms with E-state index in [0.717, 1.165) is 11.3 Å². The van der Waals surface area contributed by atoms with Crippen LogP contribution in [0.3, 0.4) is 0 Å². The molecular weight excluding hydrogens is 496 g/mol. The maximum absolute atomic E-state index is 13.7. The number of benzene rings is 3. The Kier molecular flexibility index (Phi) is 7.54. The van der Waals surface area contributed by atoms with Crippen molar-refractivity contribution in [2.45, 2.75) is 31.6 Å². The van der Waals surface area contributed by atoms with Crippen molar-refractivity contribution in [1.82, 2.24) is 5.32 Å². The Morgan fingerprint density at radius 1 is 0.949 bits per heavy atom. The van der Waals surface area contributed by atoms with E-state index >= 15 is 0 Å². The zero-order valence-corrected chi connectivity index (χ0v) is 21.5. The summed E-state index contributed by atoms with van der Waals surface area (Å²) in [5, 5.41) is 14.9. The molecule has 2 aliphatic rings. The van der Waals surface area contributed by atoms with E-state index in [1.54, 1.807) is 19.1 Å². The molecule has 8 nitrogen and oxygen atoms in total. The van der Waals surface area contributed by atoms with E-state index < -0.39 is 16.8 Å². The zero-order chi connectivity index (χ0) is 27.4. The highest BCUT2D eigenvalue weighted by Gasteiger charge is 2.41. The number of carbonyl (C=O) groups is 2. The number of carbonyl (C=O) groups excluding carboxylic acids is 2. The van der Waals surface area contributed by atoms with Gasteiger partial charge in [-0.25, -0.2) is 4.79 Å². The summed E-state index contributed by atoms with van der Waals surface area (Å²) in [6, 6.07) is 25.1. The first-order valence-electron chi connectivity index (χ1n) is 12.8. The lowest BCUT2D eigenvalue weighted by Crippen LogP contribution is -2.36. The van der Waals surface area contributed by atoms with Gasteiger partial charge in [0, 0.05) is 41.4 Å². The Bertz CT molecular complexity index is 1460. The van der Waals surface area contributed by atoms with Crippen LogP contribution in [0, 0.1) is 10.1 Å². The first-order valence-corrected chi connectivity index (χ1v) is 12.8. The predicted molar refractivity (Wildman–Crippen MR) is 145 cm³/mol. The van der Waals surface area contributed by atoms with Gasteiger partial charge in [-0.1, -0.05) is 60.7 Å². The first-order chi connectivity index (χ1) is 18.9. The van der Waals surface area contributed by atoms with Crippen LogP contribution in [0.2, 0.25) is 0 Å². The molecule has 1 N–H and O–H groups in total. The molecule has 0 bridgehead atoms. The fraction of sp³-hybridized carbons (Fsp3) is 0.226. The van der Waals surface area contributed by atoms with Crippen molar-refractivity contribution in [2.75, 3.05) is 13.2 Å². The van der Waals surface area contributed by atoms with Crippen molar-refractivity contribution in [2.24, 2.45) is 0 Å². The number of nitro benzene ring substituents is 1. The molecule has 8 heteroatoms. The summed E-state index contributed by atoms with van der Waals surface area (Å²) in [6.07, 6.45) is 0.864. The Balaban J connectivity index is 1.45. The van der Waals surface area contributed by atoms with Gasteiger partial charge in [-0.2, -0.15) is 0 Å². The van der Waals surface area contributed by atoms with Crippen molar-refractivity contribution >= 4 is 17.4 Å². The summed E-state index contributed by atoms with van der Waals surface area (Å²) < 4.78 is 11.2. The van der Waals surface area contributed by atoms with Crippen LogP contribution in [0.1, 0.15) is 42.7 Å². The molecule has 0 spiro atoms. The monoisotopic (exact) mass is 524 g/mol. The van der Waals surface area contributed by atoms with Crippen LogP contribution in [-0.4, -0.2) is 29.9 Å². The molecule has 3 aromatic carbocycles. The molecule has 0 fully saturated rings. The van der Waals surface area contributed by atoms with Gasteiger partial charge in [-0.3, -0.25) is 14.9 Å². The number of rotatable bonds is 8. The number of para-hydroxylation sites is 1. The summed E-state index contributed by atoms with van der Waals surface area (Å²) >= 11 is 0. The van der Waals surface area contributed by atoms with E-state index in [-0.39, 0.29) is 42.6 Å². The molecule has 0 aromatic heterocycles. The number of ketones is 1. The van der Waals surface area contributed by atoms with Crippen LogP contribution >= 0.6 is 0 Å². The number of esters is 1. The van der Waals surface area contributed by atoms with Crippen molar-refractivity contribution in [3.05, 3.63) is 129 Å². The molecule has 0 amide bonds. The Morgan fingerprint density at radius 2 is 1.64 bits per heavy atom. The molecule has 0 unspecified atom stereocenters. The second kappa shape index (κ2) is 11.3. The second-order valence-corrected chi connectivity index (χ2v) is 9.58. The van der Waals surface area contributed by atoms with Gasteiger partial charge >= 0.3 is 5.97 Å². The number of hydrogen-bond acceptors (Lipinski definition) is 7. The molecule has 198 valence electrons. The minimum Gasteiger partial charge on any atom is -0.490 e. The summed E-state index contributed by atoms with van der Waals surface area (Å²) in [5.41, 5.74) is 3.47. The fourth-order valence-corrected chi connectivity index (χ4v) is 5.31. The van der Waals surface area contributed by atoms with Crippen LogP contribution < -0.4 is 10.1 Å². The molecule has 39 heavy (non-hydrogen) atoms. The van der Waals surface area contributed by atoms with Crippen molar-refractivity contribution in [3.8, 4) is 5.75 Å². The lowest BCUT2D eigenvalue weighted by atomic mass is 9.71. The van der Waals surface area contributed by atoms with Crippen molar-refractivity contribution < 1.29 is 24.0 Å². The molecule has 1 heterocycles. The summed E-state index contributed by atoms with van der Waals surface area (Å²) in [5.74, 6) is -0.828. The van der Waals surface area contributed by atoms with Crippen LogP contribution in [0.15, 0.2) is 107 Å². The van der Waals surface area contributed by atoms with Crippen LogP contribution in [0.25, 0.3) is 0 Å². The highest BCUT2D eigenvalue weighted by molar-refractivity contribution is 6.04. The van der Waals surface area contributed by atoms with Crippen molar-refractivity contribution in [1.29, 1.82) is 0 Å². The average molecular weight is 525 g/mol. The van der Waals surface area contributed by atoms with Crippen LogP contribution in [0.5, 0.6) is 5.75 Å².